The number of urea groups is 1. The van der Waals surface area contributed by atoms with Gasteiger partial charge in [-0.2, -0.15) is 0 Å². The molecule has 1 rings (SSSR count). The van der Waals surface area contributed by atoms with Gasteiger partial charge in [-0.25, -0.2) is 4.79 Å². The van der Waals surface area contributed by atoms with Gasteiger partial charge in [-0.05, 0) is 38.0 Å². The predicted molar refractivity (Wildman–Crippen MR) is 64.5 cm³/mol. The molecule has 4 heteroatoms. The molecule has 4 nitrogen and oxygen atoms in total. The van der Waals surface area contributed by atoms with Gasteiger partial charge in [0.05, 0.1) is 6.10 Å². The Morgan fingerprint density at radius 3 is 2.88 bits per heavy atom. The van der Waals surface area contributed by atoms with Crippen molar-refractivity contribution in [2.24, 2.45) is 0 Å². The number of benzene rings is 1. The number of rotatable bonds is 4. The van der Waals surface area contributed by atoms with Crippen molar-refractivity contribution >= 4 is 11.7 Å². The van der Waals surface area contributed by atoms with Crippen LogP contribution in [0.1, 0.15) is 18.9 Å². The minimum Gasteiger partial charge on any atom is -0.393 e. The molecule has 0 aromatic heterocycles. The Labute approximate surface area is 95.7 Å². The summed E-state index contributed by atoms with van der Waals surface area (Å²) in [6, 6.07) is 7.35. The van der Waals surface area contributed by atoms with Crippen LogP contribution in [0.3, 0.4) is 0 Å². The third kappa shape index (κ3) is 4.79. The highest BCUT2D eigenvalue weighted by molar-refractivity contribution is 5.89. The van der Waals surface area contributed by atoms with Gasteiger partial charge >= 0.3 is 6.03 Å². The van der Waals surface area contributed by atoms with Gasteiger partial charge in [0, 0.05) is 12.2 Å². The van der Waals surface area contributed by atoms with E-state index in [-0.39, 0.29) is 12.1 Å². The summed E-state index contributed by atoms with van der Waals surface area (Å²) >= 11 is 0. The topological polar surface area (TPSA) is 61.4 Å². The van der Waals surface area contributed by atoms with Crippen LogP contribution in [-0.4, -0.2) is 23.8 Å². The quantitative estimate of drug-likeness (QED) is 0.728. The highest BCUT2D eigenvalue weighted by atomic mass is 16.3. The molecule has 0 saturated carbocycles. The summed E-state index contributed by atoms with van der Waals surface area (Å²) < 4.78 is 0. The number of carbonyl (C=O) groups excluding carboxylic acids is 1. The molecule has 88 valence electrons. The molecule has 0 radical (unpaired) electrons. The van der Waals surface area contributed by atoms with Crippen molar-refractivity contribution in [3.05, 3.63) is 29.8 Å². The third-order valence-corrected chi connectivity index (χ3v) is 2.12. The van der Waals surface area contributed by atoms with Gasteiger partial charge < -0.3 is 15.7 Å². The summed E-state index contributed by atoms with van der Waals surface area (Å²) in [5.41, 5.74) is 1.87. The van der Waals surface area contributed by atoms with Gasteiger partial charge in [-0.3, -0.25) is 0 Å². The lowest BCUT2D eigenvalue weighted by Gasteiger charge is -2.08. The Morgan fingerprint density at radius 2 is 2.25 bits per heavy atom. The zero-order valence-electron chi connectivity index (χ0n) is 9.66. The smallest absolute Gasteiger partial charge is 0.319 e. The first-order valence-corrected chi connectivity index (χ1v) is 5.37. The van der Waals surface area contributed by atoms with E-state index in [2.05, 4.69) is 10.6 Å². The number of aliphatic hydroxyl groups excluding tert-OH is 1. The lowest BCUT2D eigenvalue weighted by Crippen LogP contribution is -2.30. The Hall–Kier alpha value is -1.55. The van der Waals surface area contributed by atoms with Gasteiger partial charge in [0.15, 0.2) is 0 Å². The summed E-state index contributed by atoms with van der Waals surface area (Å²) in [7, 11) is 0. The van der Waals surface area contributed by atoms with Crippen LogP contribution in [0.15, 0.2) is 24.3 Å². The van der Waals surface area contributed by atoms with E-state index in [0.29, 0.717) is 13.0 Å². The second-order valence-corrected chi connectivity index (χ2v) is 3.89. The number of amides is 2. The zero-order valence-corrected chi connectivity index (χ0v) is 9.66. The molecule has 0 aliphatic carbocycles. The van der Waals surface area contributed by atoms with Crippen LogP contribution >= 0.6 is 0 Å². The van der Waals surface area contributed by atoms with Crippen molar-refractivity contribution in [3.63, 3.8) is 0 Å². The van der Waals surface area contributed by atoms with Gasteiger partial charge in [0.1, 0.15) is 0 Å². The summed E-state index contributed by atoms with van der Waals surface area (Å²) in [5.74, 6) is 0. The standard InChI is InChI=1S/C12H18N2O2/c1-9-4-3-5-11(8-9)14-12(16)13-7-6-10(2)15/h3-5,8,10,15H,6-7H2,1-2H3,(H2,13,14,16). The van der Waals surface area contributed by atoms with Crippen molar-refractivity contribution in [2.75, 3.05) is 11.9 Å². The maximum absolute atomic E-state index is 11.4. The van der Waals surface area contributed by atoms with E-state index in [1.54, 1.807) is 6.92 Å². The second kappa shape index (κ2) is 6.12. The van der Waals surface area contributed by atoms with Crippen LogP contribution < -0.4 is 10.6 Å². The van der Waals surface area contributed by atoms with Crippen molar-refractivity contribution < 1.29 is 9.90 Å². The number of carbonyl (C=O) groups is 1. The SMILES string of the molecule is Cc1cccc(NC(=O)NCCC(C)O)c1. The first-order chi connectivity index (χ1) is 7.58. The Morgan fingerprint density at radius 1 is 1.50 bits per heavy atom. The Balaban J connectivity index is 2.34. The second-order valence-electron chi connectivity index (χ2n) is 3.89. The molecule has 0 aliphatic rings. The molecule has 0 aliphatic heterocycles. The number of hydrogen-bond donors (Lipinski definition) is 3. The lowest BCUT2D eigenvalue weighted by atomic mass is 10.2. The van der Waals surface area contributed by atoms with Gasteiger partial charge in [0.25, 0.3) is 0 Å². The van der Waals surface area contributed by atoms with Crippen molar-refractivity contribution in [3.8, 4) is 0 Å². The van der Waals surface area contributed by atoms with E-state index in [0.717, 1.165) is 11.3 Å². The molecule has 3 N–H and O–H groups in total. The number of aliphatic hydroxyl groups is 1. The van der Waals surface area contributed by atoms with Crippen LogP contribution in [0.4, 0.5) is 10.5 Å². The Bertz CT molecular complexity index is 351. The number of hydrogen-bond acceptors (Lipinski definition) is 2. The molecule has 16 heavy (non-hydrogen) atoms. The van der Waals surface area contributed by atoms with Crippen LogP contribution in [0.5, 0.6) is 0 Å². The van der Waals surface area contributed by atoms with Gasteiger partial charge in [-0.1, -0.05) is 12.1 Å². The largest absolute Gasteiger partial charge is 0.393 e. The fourth-order valence-corrected chi connectivity index (χ4v) is 1.29. The lowest BCUT2D eigenvalue weighted by molar-refractivity contribution is 0.184. The van der Waals surface area contributed by atoms with Crippen molar-refractivity contribution in [1.82, 2.24) is 5.32 Å². The van der Waals surface area contributed by atoms with E-state index in [1.807, 2.05) is 31.2 Å². The average Bonchev–Trinajstić information content (AvgIpc) is 2.16. The molecule has 1 aromatic rings. The molecule has 2 amide bonds. The molecular formula is C12H18N2O2. The van der Waals surface area contributed by atoms with E-state index >= 15 is 0 Å². The number of nitrogens with one attached hydrogen (secondary N) is 2. The van der Waals surface area contributed by atoms with E-state index < -0.39 is 0 Å². The molecule has 0 heterocycles. The van der Waals surface area contributed by atoms with E-state index in [9.17, 15) is 4.79 Å². The highest BCUT2D eigenvalue weighted by Gasteiger charge is 2.01. The van der Waals surface area contributed by atoms with E-state index in [1.165, 1.54) is 0 Å². The molecule has 0 fully saturated rings. The first-order valence-electron chi connectivity index (χ1n) is 5.37. The molecule has 1 unspecified atom stereocenters. The van der Waals surface area contributed by atoms with Gasteiger partial charge in [-0.15, -0.1) is 0 Å². The fourth-order valence-electron chi connectivity index (χ4n) is 1.29. The molecule has 0 bridgehead atoms. The Kier molecular flexibility index (Phi) is 4.79. The monoisotopic (exact) mass is 222 g/mol. The summed E-state index contributed by atoms with van der Waals surface area (Å²) in [6.07, 6.45) is 0.167. The van der Waals surface area contributed by atoms with Crippen LogP contribution in [0, 0.1) is 6.92 Å². The van der Waals surface area contributed by atoms with Crippen LogP contribution in [0.2, 0.25) is 0 Å². The predicted octanol–water partition coefficient (Wildman–Crippen LogP) is 1.89. The average molecular weight is 222 g/mol. The summed E-state index contributed by atoms with van der Waals surface area (Å²) in [4.78, 5) is 11.4. The van der Waals surface area contributed by atoms with Crippen LogP contribution in [0.25, 0.3) is 0 Å². The summed E-state index contributed by atoms with van der Waals surface area (Å²) in [5, 5.41) is 14.4. The van der Waals surface area contributed by atoms with Gasteiger partial charge in [0.2, 0.25) is 0 Å². The minimum atomic E-state index is -0.390. The van der Waals surface area contributed by atoms with Crippen molar-refractivity contribution in [1.29, 1.82) is 0 Å². The van der Waals surface area contributed by atoms with Crippen molar-refractivity contribution in [2.45, 2.75) is 26.4 Å². The highest BCUT2D eigenvalue weighted by Crippen LogP contribution is 2.08. The first kappa shape index (κ1) is 12.5. The maximum Gasteiger partial charge on any atom is 0.319 e. The molecule has 1 aromatic carbocycles. The fraction of sp³-hybridized carbons (Fsp3) is 0.417. The zero-order chi connectivity index (χ0) is 12.0. The van der Waals surface area contributed by atoms with Crippen LogP contribution in [-0.2, 0) is 0 Å². The van der Waals surface area contributed by atoms with E-state index in [4.69, 9.17) is 5.11 Å². The summed E-state index contributed by atoms with van der Waals surface area (Å²) in [6.45, 7) is 4.13. The normalized spacial score (nSPS) is 11.9. The molecule has 0 saturated heterocycles. The molecule has 0 spiro atoms. The molecular weight excluding hydrogens is 204 g/mol. The number of aryl methyl sites for hydroxylation is 1. The maximum atomic E-state index is 11.4. The minimum absolute atomic E-state index is 0.244. The number of anilines is 1. The third-order valence-electron chi connectivity index (χ3n) is 2.12. The molecule has 1 atom stereocenters.